The number of anilines is 1. The summed E-state index contributed by atoms with van der Waals surface area (Å²) in [5.41, 5.74) is 2.65. The van der Waals surface area contributed by atoms with Crippen molar-refractivity contribution in [1.82, 2.24) is 0 Å². The Bertz CT molecular complexity index is 580. The summed E-state index contributed by atoms with van der Waals surface area (Å²) in [7, 11) is 0. The van der Waals surface area contributed by atoms with Gasteiger partial charge in [0.25, 0.3) is 0 Å². The molecule has 1 aliphatic heterocycles. The molecule has 1 heterocycles. The zero-order valence-corrected chi connectivity index (χ0v) is 13.3. The lowest BCUT2D eigenvalue weighted by Gasteiger charge is -2.22. The maximum absolute atomic E-state index is 12.5. The second-order valence-corrected chi connectivity index (χ2v) is 7.06. The maximum Gasteiger partial charge on any atom is 0.240 e. The molecule has 1 saturated heterocycles. The van der Waals surface area contributed by atoms with E-state index in [0.717, 1.165) is 35.4 Å². The molecule has 0 aliphatic carbocycles. The Labute approximate surface area is 130 Å². The van der Waals surface area contributed by atoms with Crippen LogP contribution in [0.3, 0.4) is 0 Å². The van der Waals surface area contributed by atoms with Crippen molar-refractivity contribution in [3.63, 3.8) is 0 Å². The number of amides is 1. The molecule has 1 unspecified atom stereocenters. The van der Waals surface area contributed by atoms with Gasteiger partial charge in [-0.2, -0.15) is 0 Å². The van der Waals surface area contributed by atoms with Crippen molar-refractivity contribution >= 4 is 23.4 Å². The van der Waals surface area contributed by atoms with Crippen molar-refractivity contribution < 1.29 is 9.90 Å². The van der Waals surface area contributed by atoms with Crippen LogP contribution in [0.2, 0.25) is 0 Å². The zero-order valence-electron chi connectivity index (χ0n) is 12.5. The van der Waals surface area contributed by atoms with E-state index >= 15 is 0 Å². The fourth-order valence-electron chi connectivity index (χ4n) is 2.30. The monoisotopic (exact) mass is 303 g/mol. The second kappa shape index (κ2) is 7.02. The molecule has 1 atom stereocenters. The third kappa shape index (κ3) is 4.03. The van der Waals surface area contributed by atoms with Gasteiger partial charge < -0.3 is 10.4 Å². The molecule has 0 aromatic heterocycles. The molecule has 2 rings (SSSR count). The molecule has 0 saturated carbocycles. The highest BCUT2D eigenvalue weighted by Crippen LogP contribution is 2.38. The number of hydrogen-bond donors (Lipinski definition) is 2. The van der Waals surface area contributed by atoms with Crippen LogP contribution in [-0.4, -0.2) is 28.1 Å². The van der Waals surface area contributed by atoms with Crippen molar-refractivity contribution in [3.05, 3.63) is 29.3 Å². The quantitative estimate of drug-likeness (QED) is 0.844. The third-order valence-corrected chi connectivity index (χ3v) is 5.10. The minimum absolute atomic E-state index is 0.0509. The summed E-state index contributed by atoms with van der Waals surface area (Å²) >= 11 is 1.72. The van der Waals surface area contributed by atoms with Crippen LogP contribution in [-0.2, 0) is 4.79 Å². The predicted molar refractivity (Wildman–Crippen MR) is 88.5 cm³/mol. The molecule has 1 aliphatic rings. The molecule has 0 radical (unpaired) electrons. The van der Waals surface area contributed by atoms with Crippen LogP contribution in [0.15, 0.2) is 18.2 Å². The van der Waals surface area contributed by atoms with Gasteiger partial charge >= 0.3 is 0 Å². The Kier molecular flexibility index (Phi) is 5.33. The molecule has 112 valence electrons. The Morgan fingerprint density at radius 2 is 2.33 bits per heavy atom. The summed E-state index contributed by atoms with van der Waals surface area (Å²) in [6.07, 6.45) is 2.45. The van der Waals surface area contributed by atoms with E-state index in [1.54, 1.807) is 11.8 Å². The summed E-state index contributed by atoms with van der Waals surface area (Å²) in [5, 5.41) is 11.8. The number of nitrogens with one attached hydrogen (secondary N) is 1. The minimum Gasteiger partial charge on any atom is -0.395 e. The maximum atomic E-state index is 12.5. The first-order valence-corrected chi connectivity index (χ1v) is 8.19. The van der Waals surface area contributed by atoms with E-state index < -0.39 is 0 Å². The van der Waals surface area contributed by atoms with E-state index in [1.165, 1.54) is 0 Å². The minimum atomic E-state index is -0.334. The van der Waals surface area contributed by atoms with Crippen LogP contribution in [0.5, 0.6) is 0 Å². The number of hydrogen-bond acceptors (Lipinski definition) is 3. The van der Waals surface area contributed by atoms with Gasteiger partial charge in [0.05, 0.1) is 17.0 Å². The number of aliphatic hydroxyl groups excluding tert-OH is 1. The van der Waals surface area contributed by atoms with Crippen LogP contribution >= 0.6 is 11.8 Å². The van der Waals surface area contributed by atoms with E-state index in [-0.39, 0.29) is 17.3 Å². The van der Waals surface area contributed by atoms with Crippen molar-refractivity contribution in [2.45, 2.75) is 37.9 Å². The molecule has 21 heavy (non-hydrogen) atoms. The Hall–Kier alpha value is -1.44. The Morgan fingerprint density at radius 1 is 1.52 bits per heavy atom. The fraction of sp³-hybridized carbons (Fsp3) is 0.471. The Morgan fingerprint density at radius 3 is 3.00 bits per heavy atom. The van der Waals surface area contributed by atoms with Gasteiger partial charge in [0.2, 0.25) is 5.91 Å². The number of carbonyl (C=O) groups excluding carboxylic acids is 1. The van der Waals surface area contributed by atoms with Gasteiger partial charge in [0, 0.05) is 12.0 Å². The van der Waals surface area contributed by atoms with Crippen LogP contribution in [0.25, 0.3) is 0 Å². The summed E-state index contributed by atoms with van der Waals surface area (Å²) in [5.74, 6) is 7.02. The van der Waals surface area contributed by atoms with Crippen LogP contribution < -0.4 is 5.32 Å². The molecule has 1 fully saturated rings. The van der Waals surface area contributed by atoms with E-state index in [0.29, 0.717) is 6.42 Å². The highest BCUT2D eigenvalue weighted by atomic mass is 32.2. The highest BCUT2D eigenvalue weighted by Gasteiger charge is 2.37. The smallest absolute Gasteiger partial charge is 0.240 e. The molecular formula is C17H21NO2S. The topological polar surface area (TPSA) is 49.3 Å². The van der Waals surface area contributed by atoms with E-state index in [9.17, 15) is 4.79 Å². The molecule has 2 N–H and O–H groups in total. The first-order chi connectivity index (χ1) is 10.0. The zero-order chi connectivity index (χ0) is 15.3. The van der Waals surface area contributed by atoms with Gasteiger partial charge in [-0.1, -0.05) is 17.9 Å². The molecule has 0 bridgehead atoms. The second-order valence-electron chi connectivity index (χ2n) is 5.46. The van der Waals surface area contributed by atoms with E-state index in [1.807, 2.05) is 32.0 Å². The molecule has 3 nitrogen and oxygen atoms in total. The number of rotatable bonds is 3. The molecule has 1 aromatic rings. The number of thioether (sulfide) groups is 1. The lowest BCUT2D eigenvalue weighted by Crippen LogP contribution is -2.34. The van der Waals surface area contributed by atoms with Crippen molar-refractivity contribution in [2.24, 2.45) is 0 Å². The number of carbonyl (C=O) groups is 1. The summed E-state index contributed by atoms with van der Waals surface area (Å²) < 4.78 is -0.334. The van der Waals surface area contributed by atoms with Gasteiger partial charge in [-0.3, -0.25) is 4.79 Å². The first-order valence-electron chi connectivity index (χ1n) is 7.21. The lowest BCUT2D eigenvalue weighted by atomic mass is 10.0. The Balaban J connectivity index is 2.20. The summed E-state index contributed by atoms with van der Waals surface area (Å²) in [6, 6.07) is 5.84. The largest absolute Gasteiger partial charge is 0.395 e. The van der Waals surface area contributed by atoms with Crippen LogP contribution in [0, 0.1) is 18.8 Å². The van der Waals surface area contributed by atoms with Crippen LogP contribution in [0.1, 0.15) is 37.3 Å². The SMILES string of the molecule is Cc1ccc(C#CCCO)c(NC(=O)C2(C)CCCS2)c1. The molecule has 4 heteroatoms. The van der Waals surface area contributed by atoms with E-state index in [4.69, 9.17) is 5.11 Å². The van der Waals surface area contributed by atoms with Crippen molar-refractivity contribution in [1.29, 1.82) is 0 Å². The predicted octanol–water partition coefficient (Wildman–Crippen LogP) is 2.95. The van der Waals surface area contributed by atoms with E-state index in [2.05, 4.69) is 17.2 Å². The lowest BCUT2D eigenvalue weighted by molar-refractivity contribution is -0.118. The number of benzene rings is 1. The average Bonchev–Trinajstić information content (AvgIpc) is 2.90. The molecule has 1 amide bonds. The fourth-order valence-corrected chi connectivity index (χ4v) is 3.51. The van der Waals surface area contributed by atoms with Crippen molar-refractivity contribution in [2.75, 3.05) is 17.7 Å². The number of aryl methyl sites for hydroxylation is 1. The molecule has 1 aromatic carbocycles. The van der Waals surface area contributed by atoms with Crippen LogP contribution in [0.4, 0.5) is 5.69 Å². The molecular weight excluding hydrogens is 282 g/mol. The summed E-state index contributed by atoms with van der Waals surface area (Å²) in [4.78, 5) is 12.5. The highest BCUT2D eigenvalue weighted by molar-refractivity contribution is 8.01. The normalized spacial score (nSPS) is 20.7. The van der Waals surface area contributed by atoms with Gasteiger partial charge in [-0.15, -0.1) is 11.8 Å². The first kappa shape index (κ1) is 15.9. The third-order valence-electron chi connectivity index (χ3n) is 3.58. The average molecular weight is 303 g/mol. The van der Waals surface area contributed by atoms with Gasteiger partial charge in [-0.25, -0.2) is 0 Å². The standard InChI is InChI=1S/C17H21NO2S/c1-13-7-8-14(6-3-4-10-19)15(12-13)18-16(20)17(2)9-5-11-21-17/h7-8,12,19H,4-5,9-11H2,1-2H3,(H,18,20). The number of aliphatic hydroxyl groups is 1. The molecule has 0 spiro atoms. The van der Waals surface area contributed by atoms with Crippen molar-refractivity contribution in [3.8, 4) is 11.8 Å². The summed E-state index contributed by atoms with van der Waals surface area (Å²) in [6.45, 7) is 4.05. The van der Waals surface area contributed by atoms with Gasteiger partial charge in [0.15, 0.2) is 0 Å². The van der Waals surface area contributed by atoms with Gasteiger partial charge in [0.1, 0.15) is 0 Å². The van der Waals surface area contributed by atoms with Gasteiger partial charge in [-0.05, 0) is 50.1 Å².